The fourth-order valence-corrected chi connectivity index (χ4v) is 4.19. The number of aryl methyl sites for hydroxylation is 2. The number of amides is 1. The van der Waals surface area contributed by atoms with Gasteiger partial charge in [-0.15, -0.1) is 0 Å². The number of carbonyl (C=O) groups excluding carboxylic acids is 1. The lowest BCUT2D eigenvalue weighted by atomic mass is 9.67. The summed E-state index contributed by atoms with van der Waals surface area (Å²) in [6.45, 7) is 6.18. The Hall–Kier alpha value is -2.10. The van der Waals surface area contributed by atoms with Crippen molar-refractivity contribution in [2.45, 2.75) is 70.8 Å². The van der Waals surface area contributed by atoms with Gasteiger partial charge in [0.15, 0.2) is 0 Å². The maximum atomic E-state index is 13.3. The molecule has 1 atom stereocenters. The van der Waals surface area contributed by atoms with E-state index >= 15 is 0 Å². The lowest BCUT2D eigenvalue weighted by Crippen LogP contribution is -2.49. The first-order valence-corrected chi connectivity index (χ1v) is 9.39. The van der Waals surface area contributed by atoms with Gasteiger partial charge in [0.05, 0.1) is 11.1 Å². The summed E-state index contributed by atoms with van der Waals surface area (Å²) in [5, 5.41) is 10.5. The van der Waals surface area contributed by atoms with Gasteiger partial charge in [0, 0.05) is 18.2 Å². The van der Waals surface area contributed by atoms with Gasteiger partial charge < -0.3 is 5.32 Å². The molecule has 4 nitrogen and oxygen atoms in total. The molecule has 0 radical (unpaired) electrons. The number of hydrogen-bond donors (Lipinski definition) is 2. The Labute approximate surface area is 150 Å². The quantitative estimate of drug-likeness (QED) is 0.866. The van der Waals surface area contributed by atoms with Gasteiger partial charge in [-0.3, -0.25) is 9.89 Å². The van der Waals surface area contributed by atoms with Gasteiger partial charge in [0.1, 0.15) is 0 Å². The Balaban J connectivity index is 1.79. The smallest absolute Gasteiger partial charge is 0.230 e. The molecule has 1 fully saturated rings. The summed E-state index contributed by atoms with van der Waals surface area (Å²) >= 11 is 0. The van der Waals surface area contributed by atoms with E-state index in [4.69, 9.17) is 0 Å². The number of carbonyl (C=O) groups is 1. The van der Waals surface area contributed by atoms with Crippen molar-refractivity contribution in [2.75, 3.05) is 0 Å². The van der Waals surface area contributed by atoms with Gasteiger partial charge in [-0.1, -0.05) is 43.5 Å². The zero-order valence-electron chi connectivity index (χ0n) is 15.6. The summed E-state index contributed by atoms with van der Waals surface area (Å²) in [6, 6.07) is 10.5. The van der Waals surface area contributed by atoms with Gasteiger partial charge in [-0.05, 0) is 50.8 Å². The number of nitrogens with one attached hydrogen (secondary N) is 2. The van der Waals surface area contributed by atoms with Crippen molar-refractivity contribution in [3.8, 4) is 0 Å². The zero-order chi connectivity index (χ0) is 17.9. The molecule has 2 aromatic rings. The molecule has 4 heteroatoms. The summed E-state index contributed by atoms with van der Waals surface area (Å²) < 4.78 is 0. The second-order valence-electron chi connectivity index (χ2n) is 7.58. The van der Waals surface area contributed by atoms with E-state index in [2.05, 4.69) is 53.6 Å². The van der Waals surface area contributed by atoms with E-state index in [-0.39, 0.29) is 17.4 Å². The number of aromatic nitrogens is 2. The van der Waals surface area contributed by atoms with Gasteiger partial charge >= 0.3 is 0 Å². The molecule has 3 rings (SSSR count). The van der Waals surface area contributed by atoms with Crippen LogP contribution in [0, 0.1) is 13.8 Å². The lowest BCUT2D eigenvalue weighted by molar-refractivity contribution is -0.128. The molecular formula is C21H29N3O. The normalized spacial score (nSPS) is 17.9. The second kappa shape index (κ2) is 7.42. The number of hydrogen-bond acceptors (Lipinski definition) is 2. The topological polar surface area (TPSA) is 57.8 Å². The van der Waals surface area contributed by atoms with Gasteiger partial charge in [-0.25, -0.2) is 0 Å². The molecule has 0 saturated heterocycles. The number of nitrogens with zero attached hydrogens (tertiary/aromatic N) is 1. The number of H-pyrrole nitrogens is 1. The van der Waals surface area contributed by atoms with Gasteiger partial charge in [-0.2, -0.15) is 5.10 Å². The molecule has 1 aromatic heterocycles. The lowest BCUT2D eigenvalue weighted by Gasteiger charge is -2.38. The predicted octanol–water partition coefficient (Wildman–Crippen LogP) is 3.98. The first kappa shape index (κ1) is 17.7. The first-order chi connectivity index (χ1) is 12.0. The molecule has 2 N–H and O–H groups in total. The second-order valence-corrected chi connectivity index (χ2v) is 7.58. The van der Waals surface area contributed by atoms with Crippen molar-refractivity contribution in [3.63, 3.8) is 0 Å². The van der Waals surface area contributed by atoms with Crippen LogP contribution in [-0.2, 0) is 16.6 Å². The maximum absolute atomic E-state index is 13.3. The average molecular weight is 339 g/mol. The molecule has 1 amide bonds. The first-order valence-electron chi connectivity index (χ1n) is 9.39. The molecule has 134 valence electrons. The van der Waals surface area contributed by atoms with Crippen molar-refractivity contribution >= 4 is 5.91 Å². The molecule has 1 saturated carbocycles. The summed E-state index contributed by atoms with van der Waals surface area (Å²) in [5.41, 5.74) is 4.10. The van der Waals surface area contributed by atoms with Gasteiger partial charge in [0.2, 0.25) is 5.91 Å². The fourth-order valence-electron chi connectivity index (χ4n) is 4.19. The van der Waals surface area contributed by atoms with E-state index in [9.17, 15) is 4.79 Å². The largest absolute Gasteiger partial charge is 0.352 e. The zero-order valence-corrected chi connectivity index (χ0v) is 15.6. The van der Waals surface area contributed by atoms with Crippen LogP contribution >= 0.6 is 0 Å². The van der Waals surface area contributed by atoms with Crippen molar-refractivity contribution in [3.05, 3.63) is 52.8 Å². The Morgan fingerprint density at radius 3 is 2.60 bits per heavy atom. The van der Waals surface area contributed by atoms with Crippen LogP contribution in [0.1, 0.15) is 61.5 Å². The summed E-state index contributed by atoms with van der Waals surface area (Å²) in [6.07, 6.45) is 6.10. The van der Waals surface area contributed by atoms with Crippen molar-refractivity contribution < 1.29 is 4.79 Å². The molecule has 25 heavy (non-hydrogen) atoms. The van der Waals surface area contributed by atoms with Crippen molar-refractivity contribution in [1.82, 2.24) is 15.5 Å². The highest BCUT2D eigenvalue weighted by atomic mass is 16.2. The third-order valence-corrected chi connectivity index (χ3v) is 5.45. The Morgan fingerprint density at radius 1 is 1.24 bits per heavy atom. The molecule has 0 bridgehead atoms. The van der Waals surface area contributed by atoms with E-state index in [1.165, 1.54) is 17.5 Å². The van der Waals surface area contributed by atoms with Crippen LogP contribution in [-0.4, -0.2) is 22.1 Å². The highest BCUT2D eigenvalue weighted by Gasteiger charge is 2.42. The summed E-state index contributed by atoms with van der Waals surface area (Å²) in [4.78, 5) is 13.3. The number of rotatable bonds is 5. The van der Waals surface area contributed by atoms with Crippen LogP contribution in [0.5, 0.6) is 0 Å². The molecule has 0 aliphatic heterocycles. The molecule has 1 heterocycles. The van der Waals surface area contributed by atoms with E-state index < -0.39 is 0 Å². The van der Waals surface area contributed by atoms with Crippen LogP contribution in [0.3, 0.4) is 0 Å². The Morgan fingerprint density at radius 2 is 1.96 bits per heavy atom. The minimum atomic E-state index is -0.376. The number of aromatic amines is 1. The van der Waals surface area contributed by atoms with E-state index in [1.54, 1.807) is 0 Å². The van der Waals surface area contributed by atoms with Crippen LogP contribution in [0.4, 0.5) is 0 Å². The summed E-state index contributed by atoms with van der Waals surface area (Å²) in [5.74, 6) is 0.182. The molecule has 1 aromatic carbocycles. The van der Waals surface area contributed by atoms with E-state index in [1.807, 2.05) is 13.0 Å². The third kappa shape index (κ3) is 3.78. The highest BCUT2D eigenvalue weighted by molar-refractivity contribution is 5.89. The monoisotopic (exact) mass is 339 g/mol. The summed E-state index contributed by atoms with van der Waals surface area (Å²) in [7, 11) is 0. The van der Waals surface area contributed by atoms with Crippen LogP contribution < -0.4 is 5.32 Å². The molecular weight excluding hydrogens is 310 g/mol. The predicted molar refractivity (Wildman–Crippen MR) is 101 cm³/mol. The van der Waals surface area contributed by atoms with Crippen LogP contribution in [0.2, 0.25) is 0 Å². The standard InChI is InChI=1S/C21H29N3O/c1-15-9-5-6-10-19(15)21(11-7-4-8-12-21)20(25)22-16(2)13-18-14-17(3)23-24-18/h5-6,9-10,14,16H,4,7-8,11-13H2,1-3H3,(H,22,25)(H,23,24). The fraction of sp³-hybridized carbons (Fsp3) is 0.524. The van der Waals surface area contributed by atoms with Crippen molar-refractivity contribution in [2.24, 2.45) is 0 Å². The maximum Gasteiger partial charge on any atom is 0.230 e. The van der Waals surface area contributed by atoms with Gasteiger partial charge in [0.25, 0.3) is 0 Å². The molecule has 1 aliphatic rings. The van der Waals surface area contributed by atoms with Crippen molar-refractivity contribution in [1.29, 1.82) is 0 Å². The minimum Gasteiger partial charge on any atom is -0.352 e. The third-order valence-electron chi connectivity index (χ3n) is 5.45. The Kier molecular flexibility index (Phi) is 5.26. The molecule has 0 spiro atoms. The van der Waals surface area contributed by atoms with E-state index in [0.717, 1.165) is 43.5 Å². The molecule has 1 unspecified atom stereocenters. The average Bonchev–Trinajstić information content (AvgIpc) is 3.00. The molecule has 1 aliphatic carbocycles. The van der Waals surface area contributed by atoms with Crippen LogP contribution in [0.15, 0.2) is 30.3 Å². The highest BCUT2D eigenvalue weighted by Crippen LogP contribution is 2.41. The van der Waals surface area contributed by atoms with Crippen LogP contribution in [0.25, 0.3) is 0 Å². The minimum absolute atomic E-state index is 0.0676. The van der Waals surface area contributed by atoms with E-state index in [0.29, 0.717) is 0 Å². The Bertz CT molecular complexity index is 728. The number of benzene rings is 1. The SMILES string of the molecule is Cc1cc(CC(C)NC(=O)C2(c3ccccc3C)CCCCC2)n[nH]1.